The third-order valence-electron chi connectivity index (χ3n) is 2.58. The lowest BCUT2D eigenvalue weighted by Gasteiger charge is -2.25. The molecule has 0 radical (unpaired) electrons. The molecule has 0 spiro atoms. The van der Waals surface area contributed by atoms with Crippen LogP contribution in [-0.4, -0.2) is 5.11 Å². The SMILES string of the molecule is CCC[C@](C)(O)c1cccc(F)c1C. The van der Waals surface area contributed by atoms with Gasteiger partial charge in [-0.2, -0.15) is 0 Å². The van der Waals surface area contributed by atoms with Crippen molar-refractivity contribution in [2.45, 2.75) is 39.2 Å². The molecule has 0 saturated carbocycles. The van der Waals surface area contributed by atoms with Crippen molar-refractivity contribution in [2.75, 3.05) is 0 Å². The van der Waals surface area contributed by atoms with Gasteiger partial charge in [0.1, 0.15) is 5.82 Å². The van der Waals surface area contributed by atoms with E-state index < -0.39 is 5.60 Å². The zero-order valence-corrected chi connectivity index (χ0v) is 8.97. The molecule has 0 aliphatic carbocycles. The van der Waals surface area contributed by atoms with Gasteiger partial charge in [0.2, 0.25) is 0 Å². The fourth-order valence-corrected chi connectivity index (χ4v) is 1.81. The average molecular weight is 196 g/mol. The number of benzene rings is 1. The Labute approximate surface area is 84.6 Å². The summed E-state index contributed by atoms with van der Waals surface area (Å²) in [5, 5.41) is 10.1. The zero-order chi connectivity index (χ0) is 10.8. The molecule has 0 bridgehead atoms. The van der Waals surface area contributed by atoms with E-state index in [1.165, 1.54) is 6.07 Å². The van der Waals surface area contributed by atoms with Crippen molar-refractivity contribution in [3.63, 3.8) is 0 Å². The van der Waals surface area contributed by atoms with Crippen molar-refractivity contribution in [1.29, 1.82) is 0 Å². The highest BCUT2D eigenvalue weighted by atomic mass is 19.1. The fourth-order valence-electron chi connectivity index (χ4n) is 1.81. The van der Waals surface area contributed by atoms with Gasteiger partial charge in [-0.3, -0.25) is 0 Å². The second-order valence-corrected chi connectivity index (χ2v) is 3.94. The maximum Gasteiger partial charge on any atom is 0.126 e. The number of rotatable bonds is 3. The molecular weight excluding hydrogens is 179 g/mol. The van der Waals surface area contributed by atoms with Crippen LogP contribution in [0.4, 0.5) is 4.39 Å². The first-order chi connectivity index (χ1) is 6.49. The third-order valence-corrected chi connectivity index (χ3v) is 2.58. The molecule has 1 aromatic rings. The predicted octanol–water partition coefficient (Wildman–Crippen LogP) is 3.14. The van der Waals surface area contributed by atoms with E-state index in [4.69, 9.17) is 0 Å². The minimum absolute atomic E-state index is 0.251. The van der Waals surface area contributed by atoms with Crippen LogP contribution < -0.4 is 0 Å². The van der Waals surface area contributed by atoms with Gasteiger partial charge in [-0.05, 0) is 37.5 Å². The Morgan fingerprint density at radius 3 is 2.64 bits per heavy atom. The highest BCUT2D eigenvalue weighted by Crippen LogP contribution is 2.29. The van der Waals surface area contributed by atoms with Crippen LogP contribution in [0, 0.1) is 12.7 Å². The van der Waals surface area contributed by atoms with E-state index in [9.17, 15) is 9.50 Å². The highest BCUT2D eigenvalue weighted by molar-refractivity contribution is 5.31. The molecule has 0 amide bonds. The Kier molecular flexibility index (Phi) is 3.27. The third kappa shape index (κ3) is 2.13. The van der Waals surface area contributed by atoms with Crippen LogP contribution in [0.25, 0.3) is 0 Å². The lowest BCUT2D eigenvalue weighted by atomic mass is 9.88. The van der Waals surface area contributed by atoms with Crippen molar-refractivity contribution in [3.8, 4) is 0 Å². The summed E-state index contributed by atoms with van der Waals surface area (Å²) in [4.78, 5) is 0. The standard InChI is InChI=1S/C12H17FO/c1-4-8-12(3,14)10-6-5-7-11(13)9(10)2/h5-7,14H,4,8H2,1-3H3/t12-/m0/s1. The van der Waals surface area contributed by atoms with Crippen LogP contribution in [0.2, 0.25) is 0 Å². The van der Waals surface area contributed by atoms with Crippen LogP contribution in [0.5, 0.6) is 0 Å². The van der Waals surface area contributed by atoms with E-state index in [0.717, 1.165) is 6.42 Å². The minimum Gasteiger partial charge on any atom is -0.385 e. The van der Waals surface area contributed by atoms with E-state index in [0.29, 0.717) is 17.5 Å². The maximum atomic E-state index is 13.2. The molecule has 0 heterocycles. The van der Waals surface area contributed by atoms with Gasteiger partial charge < -0.3 is 5.11 Å². The van der Waals surface area contributed by atoms with Crippen molar-refractivity contribution in [3.05, 3.63) is 35.1 Å². The van der Waals surface area contributed by atoms with Crippen LogP contribution in [0.15, 0.2) is 18.2 Å². The quantitative estimate of drug-likeness (QED) is 0.787. The molecule has 0 aromatic heterocycles. The van der Waals surface area contributed by atoms with Gasteiger partial charge in [0.05, 0.1) is 5.60 Å². The summed E-state index contributed by atoms with van der Waals surface area (Å²) in [5.41, 5.74) is 0.325. The zero-order valence-electron chi connectivity index (χ0n) is 8.97. The number of hydrogen-bond donors (Lipinski definition) is 1. The Balaban J connectivity index is 3.12. The van der Waals surface area contributed by atoms with Crippen LogP contribution in [0.1, 0.15) is 37.8 Å². The van der Waals surface area contributed by atoms with E-state index >= 15 is 0 Å². The molecule has 1 atom stereocenters. The van der Waals surface area contributed by atoms with Gasteiger partial charge in [-0.15, -0.1) is 0 Å². The average Bonchev–Trinajstić information content (AvgIpc) is 2.09. The molecule has 0 saturated heterocycles. The molecule has 0 aliphatic heterocycles. The second-order valence-electron chi connectivity index (χ2n) is 3.94. The number of aliphatic hydroxyl groups is 1. The van der Waals surface area contributed by atoms with Gasteiger partial charge >= 0.3 is 0 Å². The summed E-state index contributed by atoms with van der Waals surface area (Å²) < 4.78 is 13.2. The normalized spacial score (nSPS) is 15.2. The number of hydrogen-bond acceptors (Lipinski definition) is 1. The molecule has 1 aromatic carbocycles. The summed E-state index contributed by atoms with van der Waals surface area (Å²) in [6.45, 7) is 5.44. The molecule has 2 heteroatoms. The van der Waals surface area contributed by atoms with E-state index in [2.05, 4.69) is 0 Å². The Morgan fingerprint density at radius 2 is 2.07 bits per heavy atom. The van der Waals surface area contributed by atoms with Gasteiger partial charge in [0, 0.05) is 0 Å². The summed E-state index contributed by atoms with van der Waals surface area (Å²) >= 11 is 0. The number of halogens is 1. The molecule has 0 unspecified atom stereocenters. The molecule has 0 aliphatic rings. The first kappa shape index (κ1) is 11.2. The largest absolute Gasteiger partial charge is 0.385 e. The fraction of sp³-hybridized carbons (Fsp3) is 0.500. The van der Waals surface area contributed by atoms with Gasteiger partial charge in [0.15, 0.2) is 0 Å². The van der Waals surface area contributed by atoms with Gasteiger partial charge in [-0.1, -0.05) is 25.5 Å². The van der Waals surface area contributed by atoms with E-state index in [-0.39, 0.29) is 5.82 Å². The molecule has 78 valence electrons. The van der Waals surface area contributed by atoms with Crippen molar-refractivity contribution in [1.82, 2.24) is 0 Å². The smallest absolute Gasteiger partial charge is 0.126 e. The minimum atomic E-state index is -0.916. The van der Waals surface area contributed by atoms with E-state index in [1.54, 1.807) is 26.0 Å². The van der Waals surface area contributed by atoms with Gasteiger partial charge in [0.25, 0.3) is 0 Å². The van der Waals surface area contributed by atoms with Crippen LogP contribution in [0.3, 0.4) is 0 Å². The van der Waals surface area contributed by atoms with Crippen molar-refractivity contribution < 1.29 is 9.50 Å². The lowest BCUT2D eigenvalue weighted by molar-refractivity contribution is 0.0460. The van der Waals surface area contributed by atoms with Crippen molar-refractivity contribution in [2.24, 2.45) is 0 Å². The summed E-state index contributed by atoms with van der Waals surface area (Å²) in [6.07, 6.45) is 1.53. The first-order valence-corrected chi connectivity index (χ1v) is 4.97. The predicted molar refractivity (Wildman–Crippen MR) is 55.6 cm³/mol. The molecule has 0 fully saturated rings. The summed E-state index contributed by atoms with van der Waals surface area (Å²) in [6, 6.07) is 4.84. The highest BCUT2D eigenvalue weighted by Gasteiger charge is 2.24. The summed E-state index contributed by atoms with van der Waals surface area (Å²) in [7, 11) is 0. The second kappa shape index (κ2) is 4.09. The summed E-state index contributed by atoms with van der Waals surface area (Å²) in [5.74, 6) is -0.251. The van der Waals surface area contributed by atoms with Gasteiger partial charge in [-0.25, -0.2) is 4.39 Å². The Hall–Kier alpha value is -0.890. The molecule has 1 rings (SSSR count). The molecular formula is C12H17FO. The Bertz CT molecular complexity index is 318. The Morgan fingerprint density at radius 1 is 1.43 bits per heavy atom. The topological polar surface area (TPSA) is 20.2 Å². The van der Waals surface area contributed by atoms with Crippen LogP contribution >= 0.6 is 0 Å². The van der Waals surface area contributed by atoms with Crippen LogP contribution in [-0.2, 0) is 5.60 Å². The molecule has 1 nitrogen and oxygen atoms in total. The first-order valence-electron chi connectivity index (χ1n) is 4.97. The maximum absolute atomic E-state index is 13.2. The lowest BCUT2D eigenvalue weighted by Crippen LogP contribution is -2.22. The molecule has 14 heavy (non-hydrogen) atoms. The molecule has 1 N–H and O–H groups in total. The monoisotopic (exact) mass is 196 g/mol. The van der Waals surface area contributed by atoms with Crippen molar-refractivity contribution >= 4 is 0 Å². The van der Waals surface area contributed by atoms with E-state index in [1.807, 2.05) is 6.92 Å².